The molecular weight excluding hydrogens is 334 g/mol. The van der Waals surface area contributed by atoms with Gasteiger partial charge in [-0.05, 0) is 42.8 Å². The minimum Gasteiger partial charge on any atom is -0.497 e. The van der Waals surface area contributed by atoms with E-state index in [9.17, 15) is 9.59 Å². The molecule has 1 aliphatic rings. The summed E-state index contributed by atoms with van der Waals surface area (Å²) in [5.74, 6) is 0.141. The molecule has 2 aromatic carbocycles. The third-order valence-electron chi connectivity index (χ3n) is 4.43. The number of rotatable bonds is 6. The predicted molar refractivity (Wildman–Crippen MR) is 96.4 cm³/mol. The van der Waals surface area contributed by atoms with Gasteiger partial charge in [0, 0.05) is 12.8 Å². The number of anilines is 1. The first-order valence-electron chi connectivity index (χ1n) is 8.38. The quantitative estimate of drug-likeness (QED) is 0.589. The lowest BCUT2D eigenvalue weighted by Gasteiger charge is -2.46. The molecule has 2 atom stereocenters. The maximum Gasteiger partial charge on any atom is 0.338 e. The Morgan fingerprint density at radius 3 is 2.38 bits per heavy atom. The number of esters is 1. The standard InChI is InChI=1S/C20H21NO5/c1-4-26-20(23)16-8-6-5-7-15(16)17-18(25-3)19(22)21(17)13-9-11-14(24-2)12-10-13/h5-12,17-18H,4H2,1-3H3/t17-,18+/m0/s1. The second-order valence-corrected chi connectivity index (χ2v) is 5.82. The van der Waals surface area contributed by atoms with Crippen LogP contribution in [-0.4, -0.2) is 38.8 Å². The number of carbonyl (C=O) groups excluding carboxylic acids is 2. The molecule has 2 aromatic rings. The third-order valence-corrected chi connectivity index (χ3v) is 4.43. The minimum atomic E-state index is -0.646. The zero-order valence-electron chi connectivity index (χ0n) is 15.0. The van der Waals surface area contributed by atoms with Crippen LogP contribution < -0.4 is 9.64 Å². The number of benzene rings is 2. The fraction of sp³-hybridized carbons (Fsp3) is 0.300. The van der Waals surface area contributed by atoms with E-state index < -0.39 is 18.1 Å². The Bertz CT molecular complexity index is 802. The van der Waals surface area contributed by atoms with E-state index in [1.54, 1.807) is 43.2 Å². The van der Waals surface area contributed by atoms with Crippen LogP contribution in [0.2, 0.25) is 0 Å². The van der Waals surface area contributed by atoms with Crippen LogP contribution in [0.25, 0.3) is 0 Å². The molecule has 0 unspecified atom stereocenters. The number of hydrogen-bond acceptors (Lipinski definition) is 5. The zero-order chi connectivity index (χ0) is 18.7. The number of hydrogen-bond donors (Lipinski definition) is 0. The van der Waals surface area contributed by atoms with Gasteiger partial charge < -0.3 is 14.2 Å². The van der Waals surface area contributed by atoms with Gasteiger partial charge in [0.05, 0.1) is 25.3 Å². The summed E-state index contributed by atoms with van der Waals surface area (Å²) in [7, 11) is 3.08. The molecule has 1 amide bonds. The van der Waals surface area contributed by atoms with E-state index in [2.05, 4.69) is 0 Å². The number of amides is 1. The lowest BCUT2D eigenvalue weighted by molar-refractivity contribution is -0.139. The highest BCUT2D eigenvalue weighted by Crippen LogP contribution is 2.42. The summed E-state index contributed by atoms with van der Waals surface area (Å²) in [5.41, 5.74) is 1.85. The topological polar surface area (TPSA) is 65.1 Å². The Morgan fingerprint density at radius 1 is 1.08 bits per heavy atom. The molecule has 0 aromatic heterocycles. The van der Waals surface area contributed by atoms with E-state index in [0.717, 1.165) is 0 Å². The third kappa shape index (κ3) is 3.04. The first-order valence-corrected chi connectivity index (χ1v) is 8.38. The molecule has 0 spiro atoms. The van der Waals surface area contributed by atoms with Crippen molar-refractivity contribution in [2.24, 2.45) is 0 Å². The van der Waals surface area contributed by atoms with E-state index in [0.29, 0.717) is 22.6 Å². The van der Waals surface area contributed by atoms with Crippen LogP contribution in [0.15, 0.2) is 48.5 Å². The van der Waals surface area contributed by atoms with Crippen molar-refractivity contribution in [2.45, 2.75) is 19.1 Å². The van der Waals surface area contributed by atoms with Gasteiger partial charge in [0.25, 0.3) is 5.91 Å². The smallest absolute Gasteiger partial charge is 0.338 e. The largest absolute Gasteiger partial charge is 0.497 e. The van der Waals surface area contributed by atoms with Gasteiger partial charge in [-0.2, -0.15) is 0 Å². The van der Waals surface area contributed by atoms with Crippen LogP contribution in [0, 0.1) is 0 Å². The van der Waals surface area contributed by atoms with Crippen molar-refractivity contribution < 1.29 is 23.8 Å². The average Bonchev–Trinajstić information content (AvgIpc) is 2.67. The summed E-state index contributed by atoms with van der Waals surface area (Å²) >= 11 is 0. The molecule has 3 rings (SSSR count). The molecule has 6 heteroatoms. The Kier molecular flexibility index (Phi) is 5.23. The van der Waals surface area contributed by atoms with E-state index in [4.69, 9.17) is 14.2 Å². The molecule has 26 heavy (non-hydrogen) atoms. The SMILES string of the molecule is CCOC(=O)c1ccccc1[C@H]1[C@@H](OC)C(=O)N1c1ccc(OC)cc1. The van der Waals surface area contributed by atoms with Crippen LogP contribution in [0.3, 0.4) is 0 Å². The molecule has 6 nitrogen and oxygen atoms in total. The van der Waals surface area contributed by atoms with Gasteiger partial charge in [0.2, 0.25) is 0 Å². The van der Waals surface area contributed by atoms with Crippen LogP contribution in [0.4, 0.5) is 5.69 Å². The van der Waals surface area contributed by atoms with Gasteiger partial charge in [-0.15, -0.1) is 0 Å². The van der Waals surface area contributed by atoms with Crippen molar-refractivity contribution in [3.63, 3.8) is 0 Å². The van der Waals surface area contributed by atoms with Crippen molar-refractivity contribution >= 4 is 17.6 Å². The van der Waals surface area contributed by atoms with Crippen molar-refractivity contribution in [2.75, 3.05) is 25.7 Å². The second kappa shape index (κ2) is 7.58. The molecule has 1 fully saturated rings. The number of β-lactam (4-membered cyclic amide) rings is 1. The van der Waals surface area contributed by atoms with Crippen molar-refractivity contribution in [1.82, 2.24) is 0 Å². The first kappa shape index (κ1) is 17.9. The summed E-state index contributed by atoms with van der Waals surface area (Å²) in [6.45, 7) is 2.04. The maximum atomic E-state index is 12.6. The van der Waals surface area contributed by atoms with Crippen LogP contribution in [0.1, 0.15) is 28.9 Å². The number of methoxy groups -OCH3 is 2. The number of ether oxygens (including phenoxy) is 3. The molecule has 1 saturated heterocycles. The fourth-order valence-electron chi connectivity index (χ4n) is 3.17. The Hall–Kier alpha value is -2.86. The average molecular weight is 355 g/mol. The van der Waals surface area contributed by atoms with Gasteiger partial charge in [-0.25, -0.2) is 4.79 Å². The predicted octanol–water partition coefficient (Wildman–Crippen LogP) is 2.97. The van der Waals surface area contributed by atoms with Gasteiger partial charge in [-0.3, -0.25) is 9.69 Å². The van der Waals surface area contributed by atoms with Crippen molar-refractivity contribution in [3.05, 3.63) is 59.7 Å². The van der Waals surface area contributed by atoms with Crippen LogP contribution in [-0.2, 0) is 14.3 Å². The van der Waals surface area contributed by atoms with Gasteiger partial charge in [-0.1, -0.05) is 18.2 Å². The summed E-state index contributed by atoms with van der Waals surface area (Å²) in [6.07, 6.45) is -0.646. The van der Waals surface area contributed by atoms with Gasteiger partial charge in [0.1, 0.15) is 5.75 Å². The summed E-state index contributed by atoms with van der Waals surface area (Å²) in [4.78, 5) is 26.6. The first-order chi connectivity index (χ1) is 12.6. The molecular formula is C20H21NO5. The van der Waals surface area contributed by atoms with Crippen molar-refractivity contribution in [3.8, 4) is 5.75 Å². The minimum absolute atomic E-state index is 0.152. The maximum absolute atomic E-state index is 12.6. The second-order valence-electron chi connectivity index (χ2n) is 5.82. The highest BCUT2D eigenvalue weighted by Gasteiger charge is 2.50. The summed E-state index contributed by atoms with van der Waals surface area (Å²) in [5, 5.41) is 0. The molecule has 1 heterocycles. The highest BCUT2D eigenvalue weighted by atomic mass is 16.5. The molecule has 0 radical (unpaired) electrons. The van der Waals surface area contributed by atoms with Gasteiger partial charge >= 0.3 is 5.97 Å². The summed E-state index contributed by atoms with van der Waals surface area (Å²) < 4.78 is 15.7. The highest BCUT2D eigenvalue weighted by molar-refractivity contribution is 6.06. The van der Waals surface area contributed by atoms with E-state index in [1.807, 2.05) is 24.3 Å². The number of nitrogens with zero attached hydrogens (tertiary/aromatic N) is 1. The fourth-order valence-corrected chi connectivity index (χ4v) is 3.17. The van der Waals surface area contributed by atoms with Crippen LogP contribution >= 0.6 is 0 Å². The Labute approximate surface area is 152 Å². The number of carbonyl (C=O) groups is 2. The molecule has 0 bridgehead atoms. The van der Waals surface area contributed by atoms with E-state index in [-0.39, 0.29) is 12.5 Å². The van der Waals surface area contributed by atoms with Crippen LogP contribution in [0.5, 0.6) is 5.75 Å². The van der Waals surface area contributed by atoms with E-state index in [1.165, 1.54) is 7.11 Å². The molecule has 0 N–H and O–H groups in total. The molecule has 0 saturated carbocycles. The lowest BCUT2D eigenvalue weighted by Crippen LogP contribution is -2.60. The molecule has 0 aliphatic carbocycles. The Balaban J connectivity index is 2.00. The van der Waals surface area contributed by atoms with Crippen molar-refractivity contribution in [1.29, 1.82) is 0 Å². The molecule has 136 valence electrons. The monoisotopic (exact) mass is 355 g/mol. The Morgan fingerprint density at radius 2 is 1.77 bits per heavy atom. The normalized spacial score (nSPS) is 19.0. The van der Waals surface area contributed by atoms with E-state index >= 15 is 0 Å². The molecule has 1 aliphatic heterocycles. The zero-order valence-corrected chi connectivity index (χ0v) is 15.0. The summed E-state index contributed by atoms with van der Waals surface area (Å²) in [6, 6.07) is 13.9. The lowest BCUT2D eigenvalue weighted by atomic mass is 9.87. The van der Waals surface area contributed by atoms with Gasteiger partial charge in [0.15, 0.2) is 6.10 Å².